The molecule has 1 saturated heterocycles. The summed E-state index contributed by atoms with van der Waals surface area (Å²) in [7, 11) is 0. The lowest BCUT2D eigenvalue weighted by Crippen LogP contribution is -2.46. The molecule has 1 aliphatic rings. The Morgan fingerprint density at radius 1 is 1.37 bits per heavy atom. The fourth-order valence-corrected chi connectivity index (χ4v) is 3.42. The first-order chi connectivity index (χ1) is 9.02. The van der Waals surface area contributed by atoms with E-state index in [1.165, 1.54) is 0 Å². The van der Waals surface area contributed by atoms with Gasteiger partial charge >= 0.3 is 0 Å². The largest absolute Gasteiger partial charge is 0.385 e. The lowest BCUT2D eigenvalue weighted by molar-refractivity contribution is 0.0748. The van der Waals surface area contributed by atoms with Crippen molar-refractivity contribution in [3.63, 3.8) is 0 Å². The lowest BCUT2D eigenvalue weighted by atomic mass is 10.1. The fraction of sp³-hybridized carbons (Fsp3) is 0.533. The summed E-state index contributed by atoms with van der Waals surface area (Å²) in [5.74, 6) is 1.17. The molecule has 1 aromatic carbocycles. The van der Waals surface area contributed by atoms with E-state index in [0.29, 0.717) is 0 Å². The lowest BCUT2D eigenvalue weighted by Gasteiger charge is -2.37. The molecule has 0 aromatic heterocycles. The van der Waals surface area contributed by atoms with Gasteiger partial charge in [0.1, 0.15) is 0 Å². The van der Waals surface area contributed by atoms with Gasteiger partial charge in [-0.1, -0.05) is 0 Å². The molecule has 0 unspecified atom stereocenters. The van der Waals surface area contributed by atoms with E-state index in [1.54, 1.807) is 0 Å². The fourth-order valence-electron chi connectivity index (χ4n) is 2.31. The Labute approximate surface area is 119 Å². The van der Waals surface area contributed by atoms with Crippen molar-refractivity contribution in [1.82, 2.24) is 4.90 Å². The van der Waals surface area contributed by atoms with Gasteiger partial charge in [0.05, 0.1) is 0 Å². The van der Waals surface area contributed by atoms with Crippen molar-refractivity contribution in [3.8, 4) is 0 Å². The van der Waals surface area contributed by atoms with Crippen molar-refractivity contribution in [1.29, 1.82) is 0 Å². The first-order valence-electron chi connectivity index (χ1n) is 6.79. The van der Waals surface area contributed by atoms with Gasteiger partial charge in [0.15, 0.2) is 0 Å². The van der Waals surface area contributed by atoms with Crippen LogP contribution in [0.1, 0.15) is 31.1 Å². The van der Waals surface area contributed by atoms with Crippen molar-refractivity contribution in [3.05, 3.63) is 29.8 Å². The highest BCUT2D eigenvalue weighted by Crippen LogP contribution is 2.30. The molecule has 1 aromatic rings. The zero-order chi connectivity index (χ0) is 13.9. The van der Waals surface area contributed by atoms with Gasteiger partial charge in [-0.15, -0.1) is 0 Å². The van der Waals surface area contributed by atoms with Crippen LogP contribution in [-0.4, -0.2) is 40.9 Å². The van der Waals surface area contributed by atoms with Crippen LogP contribution in [-0.2, 0) is 0 Å². The van der Waals surface area contributed by atoms with E-state index in [1.807, 2.05) is 40.9 Å². The number of anilines is 1. The van der Waals surface area contributed by atoms with E-state index in [4.69, 9.17) is 0 Å². The van der Waals surface area contributed by atoms with Crippen LogP contribution < -0.4 is 5.32 Å². The minimum absolute atomic E-state index is 0.149. The van der Waals surface area contributed by atoms with Crippen molar-refractivity contribution in [2.45, 2.75) is 25.5 Å². The molecule has 104 valence electrons. The van der Waals surface area contributed by atoms with Gasteiger partial charge in [-0.3, -0.25) is 4.79 Å². The molecule has 0 bridgehead atoms. The molecule has 1 amide bonds. The highest BCUT2D eigenvalue weighted by Gasteiger charge is 2.30. The second-order valence-electron chi connectivity index (χ2n) is 5.44. The summed E-state index contributed by atoms with van der Waals surface area (Å²) in [4.78, 5) is 14.4. The average molecular weight is 278 g/mol. The van der Waals surface area contributed by atoms with Crippen LogP contribution >= 0.6 is 11.8 Å². The Kier molecular flexibility index (Phi) is 4.40. The molecule has 19 heavy (non-hydrogen) atoms. The quantitative estimate of drug-likeness (QED) is 0.922. The highest BCUT2D eigenvalue weighted by molar-refractivity contribution is 8.00. The molecule has 0 spiro atoms. The molecule has 1 aliphatic heterocycles. The Morgan fingerprint density at radius 3 is 2.63 bits per heavy atom. The van der Waals surface area contributed by atoms with Gasteiger partial charge in [0.2, 0.25) is 0 Å². The van der Waals surface area contributed by atoms with E-state index in [-0.39, 0.29) is 10.7 Å². The topological polar surface area (TPSA) is 32.3 Å². The molecule has 0 atom stereocenters. The SMILES string of the molecule is CCNc1ccc(C(=O)N2CCSC(C)(C)C2)cc1. The van der Waals surface area contributed by atoms with E-state index in [0.717, 1.165) is 36.6 Å². The molecule has 0 saturated carbocycles. The van der Waals surface area contributed by atoms with Crippen LogP contribution in [0.15, 0.2) is 24.3 Å². The first kappa shape index (κ1) is 14.3. The number of thioether (sulfide) groups is 1. The number of hydrogen-bond donors (Lipinski definition) is 1. The van der Waals surface area contributed by atoms with Gasteiger partial charge in [-0.2, -0.15) is 11.8 Å². The Hall–Kier alpha value is -1.16. The van der Waals surface area contributed by atoms with Crippen LogP contribution in [0.2, 0.25) is 0 Å². The predicted molar refractivity (Wildman–Crippen MR) is 83.0 cm³/mol. The number of benzene rings is 1. The maximum Gasteiger partial charge on any atom is 0.253 e. The molecule has 0 aliphatic carbocycles. The summed E-state index contributed by atoms with van der Waals surface area (Å²) < 4.78 is 0.164. The molecular weight excluding hydrogens is 256 g/mol. The van der Waals surface area contributed by atoms with Crippen LogP contribution in [0.5, 0.6) is 0 Å². The van der Waals surface area contributed by atoms with Crippen LogP contribution in [0.4, 0.5) is 5.69 Å². The normalized spacial score (nSPS) is 18.2. The number of amides is 1. The number of hydrogen-bond acceptors (Lipinski definition) is 3. The Bertz CT molecular complexity index is 442. The standard InChI is InChI=1S/C15H22N2OS/c1-4-16-13-7-5-12(6-8-13)14(18)17-9-10-19-15(2,3)11-17/h5-8,16H,4,9-11H2,1-3H3. The third kappa shape index (κ3) is 3.66. The molecule has 1 fully saturated rings. The van der Waals surface area contributed by atoms with Gasteiger partial charge < -0.3 is 10.2 Å². The van der Waals surface area contributed by atoms with Gasteiger partial charge in [-0.25, -0.2) is 0 Å². The van der Waals surface area contributed by atoms with Crippen molar-refractivity contribution >= 4 is 23.4 Å². The zero-order valence-electron chi connectivity index (χ0n) is 11.9. The number of nitrogens with one attached hydrogen (secondary N) is 1. The average Bonchev–Trinajstić information content (AvgIpc) is 2.38. The van der Waals surface area contributed by atoms with Gasteiger partial charge in [0, 0.05) is 41.4 Å². The number of rotatable bonds is 3. The summed E-state index contributed by atoms with van der Waals surface area (Å²) in [5, 5.41) is 3.24. The van der Waals surface area contributed by atoms with Crippen molar-refractivity contribution in [2.75, 3.05) is 30.7 Å². The summed E-state index contributed by atoms with van der Waals surface area (Å²) in [6.07, 6.45) is 0. The van der Waals surface area contributed by atoms with Gasteiger partial charge in [0.25, 0.3) is 5.91 Å². The molecular formula is C15H22N2OS. The van der Waals surface area contributed by atoms with Gasteiger partial charge in [-0.05, 0) is 45.0 Å². The van der Waals surface area contributed by atoms with E-state index >= 15 is 0 Å². The minimum Gasteiger partial charge on any atom is -0.385 e. The molecule has 4 heteroatoms. The molecule has 1 N–H and O–H groups in total. The first-order valence-corrected chi connectivity index (χ1v) is 7.77. The molecule has 0 radical (unpaired) electrons. The molecule has 1 heterocycles. The summed E-state index contributed by atoms with van der Waals surface area (Å²) in [5.41, 5.74) is 1.85. The zero-order valence-corrected chi connectivity index (χ0v) is 12.7. The van der Waals surface area contributed by atoms with Crippen molar-refractivity contribution < 1.29 is 4.79 Å². The summed E-state index contributed by atoms with van der Waals surface area (Å²) in [6.45, 7) is 9.03. The second-order valence-corrected chi connectivity index (χ2v) is 7.24. The number of nitrogens with zero attached hydrogens (tertiary/aromatic N) is 1. The third-order valence-corrected chi connectivity index (χ3v) is 4.52. The smallest absolute Gasteiger partial charge is 0.253 e. The monoisotopic (exact) mass is 278 g/mol. The summed E-state index contributed by atoms with van der Waals surface area (Å²) in [6, 6.07) is 7.77. The maximum absolute atomic E-state index is 12.5. The van der Waals surface area contributed by atoms with E-state index < -0.39 is 0 Å². The van der Waals surface area contributed by atoms with Crippen LogP contribution in [0.3, 0.4) is 0 Å². The Morgan fingerprint density at radius 2 is 2.05 bits per heavy atom. The van der Waals surface area contributed by atoms with E-state index in [2.05, 4.69) is 26.1 Å². The number of carbonyl (C=O) groups is 1. The maximum atomic E-state index is 12.5. The van der Waals surface area contributed by atoms with Crippen molar-refractivity contribution in [2.24, 2.45) is 0 Å². The van der Waals surface area contributed by atoms with Crippen LogP contribution in [0, 0.1) is 0 Å². The van der Waals surface area contributed by atoms with E-state index in [9.17, 15) is 4.79 Å². The molecule has 2 rings (SSSR count). The molecule has 3 nitrogen and oxygen atoms in total. The third-order valence-electron chi connectivity index (χ3n) is 3.23. The van der Waals surface area contributed by atoms with Crippen LogP contribution in [0.25, 0.3) is 0 Å². The Balaban J connectivity index is 2.06. The highest BCUT2D eigenvalue weighted by atomic mass is 32.2. The predicted octanol–water partition coefficient (Wildman–Crippen LogP) is 3.09. The summed E-state index contributed by atoms with van der Waals surface area (Å²) >= 11 is 1.94. The minimum atomic E-state index is 0.149. The second kappa shape index (κ2) is 5.87. The number of carbonyl (C=O) groups excluding carboxylic acids is 1.